The zero-order valence-electron chi connectivity index (χ0n) is 10.7. The van der Waals surface area contributed by atoms with E-state index in [-0.39, 0.29) is 5.84 Å². The van der Waals surface area contributed by atoms with E-state index >= 15 is 0 Å². The van der Waals surface area contributed by atoms with Crippen molar-refractivity contribution in [1.82, 2.24) is 10.2 Å². The van der Waals surface area contributed by atoms with Crippen LogP contribution in [0, 0.1) is 5.41 Å². The average Bonchev–Trinajstić information content (AvgIpc) is 3.23. The molecule has 0 unspecified atom stereocenters. The number of amidine groups is 1. The molecule has 5 heteroatoms. The normalized spacial score (nSPS) is 14.5. The average molecular weight is 255 g/mol. The molecule has 3 N–H and O–H groups in total. The summed E-state index contributed by atoms with van der Waals surface area (Å²) in [4.78, 5) is 2.25. The Morgan fingerprint density at radius 2 is 2.16 bits per heavy atom. The second kappa shape index (κ2) is 4.84. The fourth-order valence-corrected chi connectivity index (χ4v) is 2.31. The van der Waals surface area contributed by atoms with Crippen LogP contribution in [0.5, 0.6) is 0 Å². The second-order valence-electron chi connectivity index (χ2n) is 4.96. The number of anilines is 1. The number of nitrogens with zero attached hydrogens (tertiary/aromatic N) is 3. The summed E-state index contributed by atoms with van der Waals surface area (Å²) in [5.74, 6) is 1.14. The first-order chi connectivity index (χ1) is 9.25. The molecule has 1 saturated carbocycles. The summed E-state index contributed by atoms with van der Waals surface area (Å²) in [6.07, 6.45) is 4.72. The molecule has 0 atom stereocenters. The zero-order chi connectivity index (χ0) is 13.2. The number of aromatic nitrogens is 2. The first-order valence-corrected chi connectivity index (χ1v) is 6.55. The Hall–Kier alpha value is -2.17. The van der Waals surface area contributed by atoms with Crippen LogP contribution in [0.1, 0.15) is 19.3 Å². The Kier molecular flexibility index (Phi) is 3.03. The van der Waals surface area contributed by atoms with Crippen LogP contribution >= 0.6 is 0 Å². The van der Waals surface area contributed by atoms with Crippen molar-refractivity contribution in [2.45, 2.75) is 25.3 Å². The largest absolute Gasteiger partial charge is 0.388 e. The highest BCUT2D eigenvalue weighted by Gasteiger charge is 2.30. The van der Waals surface area contributed by atoms with E-state index in [1.54, 1.807) is 6.20 Å². The van der Waals surface area contributed by atoms with Gasteiger partial charge in [0.25, 0.3) is 0 Å². The first kappa shape index (κ1) is 11.9. The summed E-state index contributed by atoms with van der Waals surface area (Å²) in [7, 11) is 0. The molecule has 1 aliphatic carbocycles. The van der Waals surface area contributed by atoms with E-state index in [4.69, 9.17) is 11.1 Å². The van der Waals surface area contributed by atoms with Gasteiger partial charge in [0.1, 0.15) is 0 Å². The van der Waals surface area contributed by atoms with Crippen LogP contribution in [0.2, 0.25) is 0 Å². The minimum absolute atomic E-state index is 0.221. The number of hydrogen-bond acceptors (Lipinski definition) is 4. The molecule has 2 aromatic rings. The number of fused-ring (bicyclic) bond motifs is 1. The number of nitrogens with two attached hydrogens (primary N) is 1. The number of hydrogen-bond donors (Lipinski definition) is 2. The Bertz CT molecular complexity index is 600. The number of benzene rings is 1. The molecule has 19 heavy (non-hydrogen) atoms. The van der Waals surface area contributed by atoms with E-state index in [1.165, 1.54) is 12.8 Å². The maximum Gasteiger partial charge on any atom is 0.159 e. The lowest BCUT2D eigenvalue weighted by molar-refractivity contribution is 0.774. The van der Waals surface area contributed by atoms with Crippen molar-refractivity contribution in [2.24, 2.45) is 5.73 Å². The van der Waals surface area contributed by atoms with Crippen molar-refractivity contribution in [3.8, 4) is 0 Å². The molecule has 5 nitrogen and oxygen atoms in total. The molecule has 1 heterocycles. The molecular weight excluding hydrogens is 238 g/mol. The quantitative estimate of drug-likeness (QED) is 0.632. The second-order valence-corrected chi connectivity index (χ2v) is 4.96. The third-order valence-electron chi connectivity index (χ3n) is 3.43. The van der Waals surface area contributed by atoms with Crippen LogP contribution in [0.15, 0.2) is 30.5 Å². The number of rotatable bonds is 5. The standard InChI is InChI=1S/C14H17N5/c15-13(16)7-8-19(11-5-6-11)14-12-4-2-1-3-10(12)9-17-18-14/h1-4,9,11H,5-8H2,(H3,15,16). The Morgan fingerprint density at radius 3 is 2.89 bits per heavy atom. The highest BCUT2D eigenvalue weighted by molar-refractivity contribution is 5.91. The Labute approximate surface area is 111 Å². The van der Waals surface area contributed by atoms with Gasteiger partial charge in [0, 0.05) is 29.8 Å². The van der Waals surface area contributed by atoms with Crippen LogP contribution in [-0.4, -0.2) is 28.6 Å². The van der Waals surface area contributed by atoms with Gasteiger partial charge in [0.15, 0.2) is 5.82 Å². The van der Waals surface area contributed by atoms with E-state index in [1.807, 2.05) is 18.2 Å². The monoisotopic (exact) mass is 255 g/mol. The highest BCUT2D eigenvalue weighted by Crippen LogP contribution is 2.33. The molecule has 1 fully saturated rings. The summed E-state index contributed by atoms with van der Waals surface area (Å²) >= 11 is 0. The third kappa shape index (κ3) is 2.50. The first-order valence-electron chi connectivity index (χ1n) is 6.55. The summed E-state index contributed by atoms with van der Waals surface area (Å²) in [5.41, 5.74) is 5.47. The maximum atomic E-state index is 7.39. The van der Waals surface area contributed by atoms with Crippen LogP contribution in [0.25, 0.3) is 10.8 Å². The highest BCUT2D eigenvalue weighted by atomic mass is 15.3. The van der Waals surface area contributed by atoms with Gasteiger partial charge in [-0.25, -0.2) is 0 Å². The maximum absolute atomic E-state index is 7.39. The third-order valence-corrected chi connectivity index (χ3v) is 3.43. The van der Waals surface area contributed by atoms with Crippen molar-refractivity contribution < 1.29 is 0 Å². The minimum Gasteiger partial charge on any atom is -0.388 e. The van der Waals surface area contributed by atoms with Crippen LogP contribution < -0.4 is 10.6 Å². The van der Waals surface area contributed by atoms with Crippen molar-refractivity contribution >= 4 is 22.4 Å². The van der Waals surface area contributed by atoms with Gasteiger partial charge in [-0.1, -0.05) is 24.3 Å². The van der Waals surface area contributed by atoms with Crippen LogP contribution in [0.3, 0.4) is 0 Å². The van der Waals surface area contributed by atoms with Gasteiger partial charge < -0.3 is 10.6 Å². The SMILES string of the molecule is N=C(N)CCN(c1nncc2ccccc12)C1CC1. The topological polar surface area (TPSA) is 78.9 Å². The van der Waals surface area contributed by atoms with Crippen molar-refractivity contribution in [2.75, 3.05) is 11.4 Å². The molecule has 0 aliphatic heterocycles. The van der Waals surface area contributed by atoms with Gasteiger partial charge in [-0.05, 0) is 12.8 Å². The molecular formula is C14H17N5. The van der Waals surface area contributed by atoms with Crippen LogP contribution in [-0.2, 0) is 0 Å². The molecule has 1 aliphatic rings. The van der Waals surface area contributed by atoms with Gasteiger partial charge in [0.05, 0.1) is 12.0 Å². The summed E-state index contributed by atoms with van der Waals surface area (Å²) in [6, 6.07) is 8.67. The molecule has 0 saturated heterocycles. The summed E-state index contributed by atoms with van der Waals surface area (Å²) in [5, 5.41) is 18.0. The van der Waals surface area contributed by atoms with Crippen molar-refractivity contribution in [1.29, 1.82) is 5.41 Å². The summed E-state index contributed by atoms with van der Waals surface area (Å²) < 4.78 is 0. The smallest absolute Gasteiger partial charge is 0.159 e. The van der Waals surface area contributed by atoms with E-state index in [9.17, 15) is 0 Å². The molecule has 0 bridgehead atoms. The predicted molar refractivity (Wildman–Crippen MR) is 76.4 cm³/mol. The lowest BCUT2D eigenvalue weighted by atomic mass is 10.2. The molecule has 0 amide bonds. The van der Waals surface area contributed by atoms with Crippen LogP contribution in [0.4, 0.5) is 5.82 Å². The number of nitrogens with one attached hydrogen (secondary N) is 1. The fraction of sp³-hybridized carbons (Fsp3) is 0.357. The fourth-order valence-electron chi connectivity index (χ4n) is 2.31. The molecule has 0 radical (unpaired) electrons. The summed E-state index contributed by atoms with van der Waals surface area (Å²) in [6.45, 7) is 0.739. The van der Waals surface area contributed by atoms with Gasteiger partial charge in [0.2, 0.25) is 0 Å². The predicted octanol–water partition coefficient (Wildman–Crippen LogP) is 1.92. The van der Waals surface area contributed by atoms with Gasteiger partial charge in [-0.2, -0.15) is 5.10 Å². The lowest BCUT2D eigenvalue weighted by Gasteiger charge is -2.23. The van der Waals surface area contributed by atoms with Crippen molar-refractivity contribution in [3.63, 3.8) is 0 Å². The molecule has 1 aromatic heterocycles. The van der Waals surface area contributed by atoms with E-state index in [0.29, 0.717) is 12.5 Å². The molecule has 3 rings (SSSR count). The Balaban J connectivity index is 1.97. The zero-order valence-corrected chi connectivity index (χ0v) is 10.7. The van der Waals surface area contributed by atoms with E-state index in [0.717, 1.165) is 23.1 Å². The minimum atomic E-state index is 0.221. The van der Waals surface area contributed by atoms with E-state index in [2.05, 4.69) is 21.2 Å². The van der Waals surface area contributed by atoms with Crippen molar-refractivity contribution in [3.05, 3.63) is 30.5 Å². The Morgan fingerprint density at radius 1 is 1.37 bits per heavy atom. The lowest BCUT2D eigenvalue weighted by Crippen LogP contribution is -2.31. The molecule has 1 aromatic carbocycles. The van der Waals surface area contributed by atoms with Gasteiger partial charge in [-0.15, -0.1) is 5.10 Å². The molecule has 98 valence electrons. The van der Waals surface area contributed by atoms with Gasteiger partial charge in [-0.3, -0.25) is 5.41 Å². The van der Waals surface area contributed by atoms with E-state index < -0.39 is 0 Å². The van der Waals surface area contributed by atoms with Gasteiger partial charge >= 0.3 is 0 Å². The molecule has 0 spiro atoms.